The molecule has 64 heavy (non-hydrogen) atoms. The van der Waals surface area contributed by atoms with Gasteiger partial charge in [0, 0.05) is 77.4 Å². The summed E-state index contributed by atoms with van der Waals surface area (Å²) in [6.45, 7) is 6.39. The maximum Gasteiger partial charge on any atom is 0.284 e. The average molecular weight is 886 g/mol. The first-order chi connectivity index (χ1) is 31.0. The fourth-order valence-electron chi connectivity index (χ4n) is 9.69. The lowest BCUT2D eigenvalue weighted by Gasteiger charge is -2.36. The van der Waals surface area contributed by atoms with Gasteiger partial charge in [0.05, 0.1) is 48.4 Å². The summed E-state index contributed by atoms with van der Waals surface area (Å²) >= 11 is 0. The minimum absolute atomic E-state index is 0.0485. The summed E-state index contributed by atoms with van der Waals surface area (Å²) in [5.41, 5.74) is 1.21. The molecule has 20 heteroatoms. The van der Waals surface area contributed by atoms with Gasteiger partial charge in [-0.2, -0.15) is 10.2 Å². The van der Waals surface area contributed by atoms with Crippen LogP contribution >= 0.6 is 0 Å². The van der Waals surface area contributed by atoms with Crippen LogP contribution in [0.3, 0.4) is 0 Å². The minimum Gasteiger partial charge on any atom is -0.384 e. The van der Waals surface area contributed by atoms with Crippen molar-refractivity contribution in [3.8, 4) is 0 Å². The molecule has 2 N–H and O–H groups in total. The van der Waals surface area contributed by atoms with Crippen molar-refractivity contribution >= 4 is 52.4 Å². The van der Waals surface area contributed by atoms with E-state index in [4.69, 9.17) is 14.5 Å². The van der Waals surface area contributed by atoms with Gasteiger partial charge in [-0.3, -0.25) is 38.9 Å². The molecule has 4 aliphatic heterocycles. The second-order valence-electron chi connectivity index (χ2n) is 17.3. The fraction of sp³-hybridized carbons (Fsp3) is 0.545. The monoisotopic (exact) mass is 885 g/mol. The molecule has 340 valence electrons. The van der Waals surface area contributed by atoms with E-state index in [9.17, 15) is 32.8 Å². The van der Waals surface area contributed by atoms with Crippen molar-refractivity contribution in [2.45, 2.75) is 82.4 Å². The molecule has 3 saturated heterocycles. The summed E-state index contributed by atoms with van der Waals surface area (Å²) in [4.78, 5) is 75.9. The smallest absolute Gasteiger partial charge is 0.284 e. The highest BCUT2D eigenvalue weighted by Gasteiger charge is 2.45. The molecule has 5 aliphatic rings. The number of halogens is 2. The van der Waals surface area contributed by atoms with Gasteiger partial charge in [0.25, 0.3) is 24.1 Å². The van der Waals surface area contributed by atoms with E-state index in [1.165, 1.54) is 22.7 Å². The number of ether oxygens (including phenoxy) is 2. The van der Waals surface area contributed by atoms with E-state index in [1.54, 1.807) is 35.3 Å². The van der Waals surface area contributed by atoms with Crippen LogP contribution in [0.15, 0.2) is 42.9 Å². The first-order valence-electron chi connectivity index (χ1n) is 22.3. The largest absolute Gasteiger partial charge is 0.384 e. The van der Waals surface area contributed by atoms with Crippen LogP contribution in [0.1, 0.15) is 107 Å². The van der Waals surface area contributed by atoms with Crippen LogP contribution in [0.25, 0.3) is 5.65 Å². The van der Waals surface area contributed by atoms with Gasteiger partial charge >= 0.3 is 0 Å². The Morgan fingerprint density at radius 1 is 1.00 bits per heavy atom. The predicted octanol–water partition coefficient (Wildman–Crippen LogP) is 4.09. The standard InChI is InChI=1S/C44H53F2N11O7/c1-52(42(60)31-24-48-55-18-14-35(49-40(31)55)54-19-22-63-23-20-54)34-26-56(51-38(34)39(45)46)28-8-6-27(7-9-28)25-53-16-12-29(13-17-53)64-21-3-15-47-32-5-2-4-30-37(32)44(62)57(43(30)61)33-10-11-36(58)50-41(33)59/h2,4-5,14,18,24,26-29,33,39,47H,3,6-13,15-17,19-23,25H2,1H3,(H,50,58,59)/t27-,28-,33?. The minimum atomic E-state index is -2.86. The van der Waals surface area contributed by atoms with Crippen molar-refractivity contribution in [1.82, 2.24) is 39.5 Å². The van der Waals surface area contributed by atoms with Crippen LogP contribution in [-0.2, 0) is 19.1 Å². The van der Waals surface area contributed by atoms with Gasteiger partial charge in [0.2, 0.25) is 11.8 Å². The Balaban J connectivity index is 0.713. The molecule has 1 unspecified atom stereocenters. The number of imide groups is 2. The Morgan fingerprint density at radius 2 is 1.78 bits per heavy atom. The number of nitrogens with zero attached hydrogens (tertiary/aromatic N) is 9. The number of carbonyl (C=O) groups is 5. The number of rotatable bonds is 14. The zero-order chi connectivity index (χ0) is 44.5. The number of morpholine rings is 1. The molecule has 1 aromatic carbocycles. The number of fused-ring (bicyclic) bond motifs is 2. The van der Waals surface area contributed by atoms with Gasteiger partial charge in [-0.1, -0.05) is 6.07 Å². The van der Waals surface area contributed by atoms with E-state index < -0.39 is 47.7 Å². The van der Waals surface area contributed by atoms with Crippen LogP contribution < -0.4 is 20.4 Å². The van der Waals surface area contributed by atoms with Crippen LogP contribution in [0.5, 0.6) is 0 Å². The SMILES string of the molecule is CN(C(=O)c1cnn2ccc(N3CCOCC3)nc12)c1cn([C@H]2CC[C@H](CN3CCC(OCCCNc4cccc5c4C(=O)N(C4CCC(=O)NC4=O)C5=O)CC3)CC2)nc1C(F)F. The zero-order valence-corrected chi connectivity index (χ0v) is 35.8. The Labute approximate surface area is 368 Å². The molecule has 0 radical (unpaired) electrons. The first kappa shape index (κ1) is 43.4. The van der Waals surface area contributed by atoms with Crippen molar-refractivity contribution in [2.24, 2.45) is 5.92 Å². The number of piperidine rings is 2. The van der Waals surface area contributed by atoms with E-state index >= 15 is 0 Å². The average Bonchev–Trinajstić information content (AvgIpc) is 4.02. The van der Waals surface area contributed by atoms with Gasteiger partial charge in [-0.05, 0) is 75.5 Å². The quantitative estimate of drug-likeness (QED) is 0.136. The van der Waals surface area contributed by atoms with Crippen LogP contribution in [-0.4, -0.2) is 142 Å². The highest BCUT2D eigenvalue weighted by atomic mass is 19.3. The topological polar surface area (TPSA) is 189 Å². The molecule has 1 atom stereocenters. The van der Waals surface area contributed by atoms with E-state index in [1.807, 2.05) is 6.07 Å². The number of alkyl halides is 2. The molecule has 1 aliphatic carbocycles. The van der Waals surface area contributed by atoms with Crippen molar-refractivity contribution in [3.05, 3.63) is 65.2 Å². The Kier molecular flexibility index (Phi) is 12.7. The molecular formula is C44H53F2N11O7. The van der Waals surface area contributed by atoms with Gasteiger partial charge in [-0.25, -0.2) is 18.3 Å². The van der Waals surface area contributed by atoms with Crippen molar-refractivity contribution in [2.75, 3.05) is 81.3 Å². The lowest BCUT2D eigenvalue weighted by atomic mass is 9.85. The van der Waals surface area contributed by atoms with Crippen LogP contribution in [0, 0.1) is 5.92 Å². The molecular weight excluding hydrogens is 833 g/mol. The van der Waals surface area contributed by atoms with E-state index in [0.717, 1.165) is 63.1 Å². The van der Waals surface area contributed by atoms with Gasteiger partial charge in [0.15, 0.2) is 11.3 Å². The predicted molar refractivity (Wildman–Crippen MR) is 229 cm³/mol. The highest BCUT2D eigenvalue weighted by Crippen LogP contribution is 2.37. The zero-order valence-electron chi connectivity index (χ0n) is 35.8. The Bertz CT molecular complexity index is 2400. The number of hydrogen-bond acceptors (Lipinski definition) is 13. The fourth-order valence-corrected chi connectivity index (χ4v) is 9.69. The van der Waals surface area contributed by atoms with Gasteiger partial charge in [-0.15, -0.1) is 0 Å². The van der Waals surface area contributed by atoms with E-state index in [2.05, 4.69) is 30.6 Å². The van der Waals surface area contributed by atoms with Crippen molar-refractivity contribution < 1.29 is 42.2 Å². The second kappa shape index (κ2) is 18.7. The van der Waals surface area contributed by atoms with Crippen molar-refractivity contribution in [1.29, 1.82) is 0 Å². The molecule has 1 saturated carbocycles. The third-order valence-corrected chi connectivity index (χ3v) is 13.2. The Hall–Kier alpha value is -5.86. The summed E-state index contributed by atoms with van der Waals surface area (Å²) in [6, 6.07) is 5.79. The molecule has 18 nitrogen and oxygen atoms in total. The van der Waals surface area contributed by atoms with E-state index in [-0.39, 0.29) is 47.4 Å². The molecule has 4 aromatic rings. The van der Waals surface area contributed by atoms with Crippen LogP contribution in [0.2, 0.25) is 0 Å². The van der Waals surface area contributed by atoms with Gasteiger partial charge < -0.3 is 29.5 Å². The number of amides is 5. The number of hydrogen-bond donors (Lipinski definition) is 2. The molecule has 7 heterocycles. The number of nitrogens with one attached hydrogen (secondary N) is 2. The molecule has 0 spiro atoms. The van der Waals surface area contributed by atoms with Crippen molar-refractivity contribution in [3.63, 3.8) is 0 Å². The van der Waals surface area contributed by atoms with Crippen LogP contribution in [0.4, 0.5) is 26.0 Å². The van der Waals surface area contributed by atoms with Gasteiger partial charge in [0.1, 0.15) is 17.4 Å². The number of likely N-dealkylation sites (tertiary alicyclic amines) is 1. The molecule has 5 amide bonds. The summed E-state index contributed by atoms with van der Waals surface area (Å²) in [5, 5.41) is 14.1. The molecule has 9 rings (SSSR count). The second-order valence-corrected chi connectivity index (χ2v) is 17.3. The summed E-state index contributed by atoms with van der Waals surface area (Å²) in [6.07, 6.45) is 8.21. The summed E-state index contributed by atoms with van der Waals surface area (Å²) < 4.78 is 43.7. The third-order valence-electron chi connectivity index (χ3n) is 13.2. The normalized spacial score (nSPS) is 22.4. The lowest BCUT2D eigenvalue weighted by Crippen LogP contribution is -2.54. The lowest BCUT2D eigenvalue weighted by molar-refractivity contribution is -0.136. The number of aromatic nitrogens is 5. The maximum atomic E-state index is 14.4. The summed E-state index contributed by atoms with van der Waals surface area (Å²) in [7, 11) is 1.49. The van der Waals surface area contributed by atoms with E-state index in [0.29, 0.717) is 68.9 Å². The number of anilines is 3. The first-order valence-corrected chi connectivity index (χ1v) is 22.3. The highest BCUT2D eigenvalue weighted by molar-refractivity contribution is 6.25. The summed E-state index contributed by atoms with van der Waals surface area (Å²) in [5.74, 6) is -1.45. The molecule has 0 bridgehead atoms. The molecule has 3 aromatic heterocycles. The Morgan fingerprint density at radius 3 is 2.53 bits per heavy atom. The number of carbonyl (C=O) groups excluding carboxylic acids is 5. The maximum absolute atomic E-state index is 14.4. The third kappa shape index (κ3) is 8.82. The molecule has 4 fully saturated rings. The number of benzene rings is 1.